The van der Waals surface area contributed by atoms with Crippen molar-refractivity contribution in [2.45, 2.75) is 24.9 Å². The molecular formula is C8H8N2O2. The molecule has 1 heterocycles. The largest absolute Gasteiger partial charge is 0.317 e. The number of carbonyl (C=O) groups excluding carboxylic acids is 2. The Bertz CT molecular complexity index is 281. The van der Waals surface area contributed by atoms with E-state index in [-0.39, 0.29) is 12.1 Å². The predicted octanol–water partition coefficient (Wildman–Crippen LogP) is -0.302. The van der Waals surface area contributed by atoms with E-state index in [1.165, 1.54) is 4.90 Å². The maximum Gasteiger partial charge on any atom is 0.288 e. The van der Waals surface area contributed by atoms with Gasteiger partial charge in [0.25, 0.3) is 5.91 Å². The van der Waals surface area contributed by atoms with Crippen molar-refractivity contribution >= 4 is 12.2 Å². The number of rotatable bonds is 1. The van der Waals surface area contributed by atoms with Crippen LogP contribution in [0.15, 0.2) is 0 Å². The molecule has 1 saturated carbocycles. The number of fused-ring (bicyclic) bond motifs is 1. The van der Waals surface area contributed by atoms with Crippen LogP contribution in [0.1, 0.15) is 12.8 Å². The maximum atomic E-state index is 11.0. The number of hydrogen-bond donors (Lipinski definition) is 0. The summed E-state index contributed by atoms with van der Waals surface area (Å²) in [5.41, 5.74) is 0. The lowest BCUT2D eigenvalue weighted by Crippen LogP contribution is -2.38. The van der Waals surface area contributed by atoms with Gasteiger partial charge in [-0.05, 0) is 18.8 Å². The molecule has 0 bridgehead atoms. The van der Waals surface area contributed by atoms with E-state index < -0.39 is 5.91 Å². The molecule has 2 aliphatic rings. The Labute approximate surface area is 69.8 Å². The van der Waals surface area contributed by atoms with Crippen molar-refractivity contribution in [3.05, 3.63) is 0 Å². The molecule has 0 aromatic heterocycles. The molecule has 1 aliphatic carbocycles. The number of aldehydes is 1. The third kappa shape index (κ3) is 0.828. The summed E-state index contributed by atoms with van der Waals surface area (Å²) in [6.07, 6.45) is 2.02. The molecule has 1 saturated heterocycles. The number of nitriles is 1. The SMILES string of the molecule is N#C[C@@H]1C[C@@H]2C[C@@H]2N1C(=O)C=O. The van der Waals surface area contributed by atoms with Crippen molar-refractivity contribution in [1.29, 1.82) is 5.26 Å². The zero-order valence-electron chi connectivity index (χ0n) is 6.43. The lowest BCUT2D eigenvalue weighted by atomic mass is 10.2. The third-order valence-corrected chi connectivity index (χ3v) is 2.61. The van der Waals surface area contributed by atoms with Crippen LogP contribution in [0.3, 0.4) is 0 Å². The van der Waals surface area contributed by atoms with Gasteiger partial charge < -0.3 is 4.90 Å². The van der Waals surface area contributed by atoms with E-state index in [0.29, 0.717) is 12.2 Å². The molecule has 3 atom stereocenters. The molecule has 0 aromatic rings. The smallest absolute Gasteiger partial charge is 0.288 e. The van der Waals surface area contributed by atoms with Crippen molar-refractivity contribution in [3.63, 3.8) is 0 Å². The Morgan fingerprint density at radius 3 is 2.92 bits per heavy atom. The third-order valence-electron chi connectivity index (χ3n) is 2.61. The number of likely N-dealkylation sites (tertiary alicyclic amines) is 1. The topological polar surface area (TPSA) is 61.2 Å². The van der Waals surface area contributed by atoms with Crippen LogP contribution < -0.4 is 0 Å². The Balaban J connectivity index is 2.17. The van der Waals surface area contributed by atoms with Crippen LogP contribution in [0.4, 0.5) is 0 Å². The average Bonchev–Trinajstić information content (AvgIpc) is 2.76. The Morgan fingerprint density at radius 2 is 2.33 bits per heavy atom. The minimum Gasteiger partial charge on any atom is -0.317 e. The summed E-state index contributed by atoms with van der Waals surface area (Å²) in [7, 11) is 0. The van der Waals surface area contributed by atoms with Crippen molar-refractivity contribution in [2.75, 3.05) is 0 Å². The minimum absolute atomic E-state index is 0.187. The van der Waals surface area contributed by atoms with E-state index in [1.807, 2.05) is 6.07 Å². The van der Waals surface area contributed by atoms with Crippen LogP contribution in [0, 0.1) is 17.2 Å². The van der Waals surface area contributed by atoms with Crippen LogP contribution in [-0.2, 0) is 9.59 Å². The quantitative estimate of drug-likeness (QED) is 0.395. The van der Waals surface area contributed by atoms with Crippen molar-refractivity contribution in [3.8, 4) is 6.07 Å². The highest BCUT2D eigenvalue weighted by atomic mass is 16.2. The molecule has 12 heavy (non-hydrogen) atoms. The Kier molecular flexibility index (Phi) is 1.40. The summed E-state index contributed by atoms with van der Waals surface area (Å²) in [5, 5.41) is 8.66. The van der Waals surface area contributed by atoms with E-state index in [4.69, 9.17) is 5.26 Å². The van der Waals surface area contributed by atoms with Crippen molar-refractivity contribution in [1.82, 2.24) is 4.90 Å². The molecule has 4 nitrogen and oxygen atoms in total. The fourth-order valence-corrected chi connectivity index (χ4v) is 1.95. The molecule has 0 unspecified atom stereocenters. The van der Waals surface area contributed by atoms with E-state index in [1.54, 1.807) is 0 Å². The summed E-state index contributed by atoms with van der Waals surface area (Å²) >= 11 is 0. The highest BCUT2D eigenvalue weighted by molar-refractivity contribution is 6.24. The van der Waals surface area contributed by atoms with Gasteiger partial charge in [0.15, 0.2) is 0 Å². The predicted molar refractivity (Wildman–Crippen MR) is 38.8 cm³/mol. The maximum absolute atomic E-state index is 11.0. The van der Waals surface area contributed by atoms with Gasteiger partial charge in [0, 0.05) is 6.04 Å². The molecule has 0 spiro atoms. The number of hydrogen-bond acceptors (Lipinski definition) is 3. The van der Waals surface area contributed by atoms with Gasteiger partial charge in [0.05, 0.1) is 6.07 Å². The fourth-order valence-electron chi connectivity index (χ4n) is 1.95. The second-order valence-corrected chi connectivity index (χ2v) is 3.31. The average molecular weight is 164 g/mol. The molecule has 4 heteroatoms. The summed E-state index contributed by atoms with van der Waals surface area (Å²) in [5.74, 6) is -0.0508. The monoisotopic (exact) mass is 164 g/mol. The second kappa shape index (κ2) is 2.31. The second-order valence-electron chi connectivity index (χ2n) is 3.31. The highest BCUT2D eigenvalue weighted by Gasteiger charge is 2.53. The minimum atomic E-state index is -0.536. The van der Waals surface area contributed by atoms with Crippen LogP contribution >= 0.6 is 0 Å². The van der Waals surface area contributed by atoms with Gasteiger partial charge in [-0.15, -0.1) is 0 Å². The zero-order valence-corrected chi connectivity index (χ0v) is 6.43. The van der Waals surface area contributed by atoms with Gasteiger partial charge in [0.2, 0.25) is 6.29 Å². The van der Waals surface area contributed by atoms with Gasteiger partial charge in [-0.2, -0.15) is 5.26 Å². The molecule has 0 N–H and O–H groups in total. The van der Waals surface area contributed by atoms with Crippen molar-refractivity contribution < 1.29 is 9.59 Å². The van der Waals surface area contributed by atoms with E-state index in [9.17, 15) is 9.59 Å². The Morgan fingerprint density at radius 1 is 1.58 bits per heavy atom. The molecular weight excluding hydrogens is 156 g/mol. The number of amides is 1. The first kappa shape index (κ1) is 7.29. The number of carbonyl (C=O) groups is 2. The molecule has 62 valence electrons. The summed E-state index contributed by atoms with van der Waals surface area (Å²) in [6, 6.07) is 1.87. The zero-order chi connectivity index (χ0) is 8.72. The van der Waals surface area contributed by atoms with Gasteiger partial charge in [-0.1, -0.05) is 0 Å². The molecule has 2 fully saturated rings. The van der Waals surface area contributed by atoms with Gasteiger partial charge in [-0.25, -0.2) is 0 Å². The van der Waals surface area contributed by atoms with Crippen LogP contribution in [0.2, 0.25) is 0 Å². The lowest BCUT2D eigenvalue weighted by molar-refractivity contribution is -0.139. The van der Waals surface area contributed by atoms with E-state index >= 15 is 0 Å². The summed E-state index contributed by atoms with van der Waals surface area (Å²) in [6.45, 7) is 0. The van der Waals surface area contributed by atoms with E-state index in [2.05, 4.69) is 0 Å². The highest BCUT2D eigenvalue weighted by Crippen LogP contribution is 2.47. The first-order chi connectivity index (χ1) is 5.77. The van der Waals surface area contributed by atoms with Crippen molar-refractivity contribution in [2.24, 2.45) is 5.92 Å². The van der Waals surface area contributed by atoms with Gasteiger partial charge in [0.1, 0.15) is 6.04 Å². The summed E-state index contributed by atoms with van der Waals surface area (Å²) < 4.78 is 0. The molecule has 0 aromatic carbocycles. The normalized spacial score (nSPS) is 36.9. The van der Waals surface area contributed by atoms with Crippen LogP contribution in [0.25, 0.3) is 0 Å². The van der Waals surface area contributed by atoms with E-state index in [0.717, 1.165) is 12.8 Å². The van der Waals surface area contributed by atoms with Gasteiger partial charge in [-0.3, -0.25) is 9.59 Å². The Hall–Kier alpha value is -1.37. The first-order valence-corrected chi connectivity index (χ1v) is 3.95. The standard InChI is InChI=1S/C8H8N2O2/c9-3-6-1-5-2-7(5)10(6)8(12)4-11/h4-7H,1-2H2/t5-,6+,7+/m1/s1. The number of nitrogens with zero attached hydrogens (tertiary/aromatic N) is 2. The lowest BCUT2D eigenvalue weighted by Gasteiger charge is -2.19. The fraction of sp³-hybridized carbons (Fsp3) is 0.625. The number of piperidine rings is 1. The summed E-state index contributed by atoms with van der Waals surface area (Å²) in [4.78, 5) is 22.7. The molecule has 2 rings (SSSR count). The molecule has 0 radical (unpaired) electrons. The van der Waals surface area contributed by atoms with Crippen LogP contribution in [0.5, 0.6) is 0 Å². The molecule has 1 aliphatic heterocycles. The van der Waals surface area contributed by atoms with Crippen LogP contribution in [-0.4, -0.2) is 29.2 Å². The first-order valence-electron chi connectivity index (χ1n) is 3.95. The molecule has 1 amide bonds. The van der Waals surface area contributed by atoms with Gasteiger partial charge >= 0.3 is 0 Å².